The Labute approximate surface area is 113 Å². The second-order valence-electron chi connectivity index (χ2n) is 4.79. The molecular formula is C11H20N4O3S. The van der Waals surface area contributed by atoms with Crippen LogP contribution in [0.1, 0.15) is 20.8 Å². The first-order chi connectivity index (χ1) is 8.72. The van der Waals surface area contributed by atoms with E-state index in [2.05, 4.69) is 20.0 Å². The highest BCUT2D eigenvalue weighted by Crippen LogP contribution is 2.12. The van der Waals surface area contributed by atoms with Gasteiger partial charge >= 0.3 is 0 Å². The summed E-state index contributed by atoms with van der Waals surface area (Å²) in [6, 6.07) is 1.67. The minimum Gasteiger partial charge on any atom is -0.478 e. The molecule has 0 spiro atoms. The van der Waals surface area contributed by atoms with Gasteiger partial charge in [0.1, 0.15) is 12.1 Å². The van der Waals surface area contributed by atoms with Crippen molar-refractivity contribution in [3.8, 4) is 5.88 Å². The minimum absolute atomic E-state index is 0.392. The van der Waals surface area contributed by atoms with E-state index in [0.29, 0.717) is 24.8 Å². The number of ether oxygens (including phenoxy) is 1. The third kappa shape index (κ3) is 6.35. The van der Waals surface area contributed by atoms with Crippen LogP contribution in [0.3, 0.4) is 0 Å². The molecule has 1 rings (SSSR count). The quantitative estimate of drug-likeness (QED) is 0.764. The Bertz CT molecular complexity index is 516. The second kappa shape index (κ2) is 6.16. The lowest BCUT2D eigenvalue weighted by atomic mass is 10.1. The van der Waals surface area contributed by atoms with Crippen LogP contribution in [-0.4, -0.2) is 43.3 Å². The first-order valence-electron chi connectivity index (χ1n) is 5.89. The summed E-state index contributed by atoms with van der Waals surface area (Å²) in [4.78, 5) is 7.99. The van der Waals surface area contributed by atoms with Crippen molar-refractivity contribution in [3.63, 3.8) is 0 Å². The molecule has 0 aliphatic rings. The number of aromatic nitrogens is 2. The highest BCUT2D eigenvalue weighted by atomic mass is 32.2. The average molecular weight is 288 g/mol. The molecule has 0 aromatic carbocycles. The maximum atomic E-state index is 11.2. The molecule has 0 fully saturated rings. The Morgan fingerprint density at radius 3 is 2.63 bits per heavy atom. The summed E-state index contributed by atoms with van der Waals surface area (Å²) in [5, 5.41) is 3.05. The molecule has 1 heterocycles. The molecule has 0 aliphatic heterocycles. The summed E-state index contributed by atoms with van der Waals surface area (Å²) in [6.45, 7) is 6.35. The average Bonchev–Trinajstić information content (AvgIpc) is 2.24. The predicted molar refractivity (Wildman–Crippen MR) is 73.7 cm³/mol. The molecule has 0 saturated heterocycles. The lowest BCUT2D eigenvalue weighted by Crippen LogP contribution is -2.47. The largest absolute Gasteiger partial charge is 0.478 e. The van der Waals surface area contributed by atoms with E-state index in [0.717, 1.165) is 6.26 Å². The summed E-state index contributed by atoms with van der Waals surface area (Å²) in [6.07, 6.45) is 2.52. The zero-order chi connectivity index (χ0) is 14.5. The van der Waals surface area contributed by atoms with E-state index in [1.165, 1.54) is 6.33 Å². The van der Waals surface area contributed by atoms with E-state index in [1.807, 2.05) is 6.92 Å². The third-order valence-corrected chi connectivity index (χ3v) is 3.03. The standard InChI is InChI=1S/C11H20N4O3S/c1-5-18-10-6-9(13-8-14-10)12-7-11(2,3)15-19(4,16)17/h6,8,15H,5,7H2,1-4H3,(H,12,13,14). The third-order valence-electron chi connectivity index (χ3n) is 2.11. The minimum atomic E-state index is -3.25. The number of anilines is 1. The molecule has 8 heteroatoms. The molecule has 0 bridgehead atoms. The van der Waals surface area contributed by atoms with Crippen LogP contribution < -0.4 is 14.8 Å². The van der Waals surface area contributed by atoms with Crippen LogP contribution >= 0.6 is 0 Å². The Hall–Kier alpha value is -1.41. The molecule has 19 heavy (non-hydrogen) atoms. The molecule has 7 nitrogen and oxygen atoms in total. The molecule has 0 atom stereocenters. The Balaban J connectivity index is 2.63. The van der Waals surface area contributed by atoms with E-state index >= 15 is 0 Å². The topological polar surface area (TPSA) is 93.2 Å². The molecule has 0 saturated carbocycles. The fourth-order valence-electron chi connectivity index (χ4n) is 1.51. The van der Waals surface area contributed by atoms with Crippen LogP contribution in [0.4, 0.5) is 5.82 Å². The lowest BCUT2D eigenvalue weighted by Gasteiger charge is -2.25. The number of nitrogens with zero attached hydrogens (tertiary/aromatic N) is 2. The zero-order valence-electron chi connectivity index (χ0n) is 11.6. The van der Waals surface area contributed by atoms with Gasteiger partial charge in [0.25, 0.3) is 0 Å². The van der Waals surface area contributed by atoms with Crippen LogP contribution in [-0.2, 0) is 10.0 Å². The number of sulfonamides is 1. The maximum absolute atomic E-state index is 11.2. The first-order valence-corrected chi connectivity index (χ1v) is 7.79. The fraction of sp³-hybridized carbons (Fsp3) is 0.636. The normalized spacial score (nSPS) is 12.2. The van der Waals surface area contributed by atoms with Crippen molar-refractivity contribution in [1.29, 1.82) is 0 Å². The predicted octanol–water partition coefficient (Wildman–Crippen LogP) is 0.615. The van der Waals surface area contributed by atoms with Crippen LogP contribution in [0.25, 0.3) is 0 Å². The molecule has 0 unspecified atom stereocenters. The van der Waals surface area contributed by atoms with Crippen LogP contribution in [0, 0.1) is 0 Å². The smallest absolute Gasteiger partial charge is 0.218 e. The fourth-order valence-corrected chi connectivity index (χ4v) is 2.59. The van der Waals surface area contributed by atoms with Gasteiger partial charge in [-0.15, -0.1) is 0 Å². The van der Waals surface area contributed by atoms with Crippen molar-refractivity contribution in [1.82, 2.24) is 14.7 Å². The highest BCUT2D eigenvalue weighted by molar-refractivity contribution is 7.88. The molecular weight excluding hydrogens is 268 g/mol. The van der Waals surface area contributed by atoms with Crippen molar-refractivity contribution in [2.45, 2.75) is 26.3 Å². The maximum Gasteiger partial charge on any atom is 0.218 e. The van der Waals surface area contributed by atoms with E-state index in [4.69, 9.17) is 4.74 Å². The lowest BCUT2D eigenvalue weighted by molar-refractivity contribution is 0.326. The summed E-state index contributed by atoms with van der Waals surface area (Å²) in [7, 11) is -3.25. The van der Waals surface area contributed by atoms with Crippen molar-refractivity contribution in [2.75, 3.05) is 24.7 Å². The molecule has 108 valence electrons. The monoisotopic (exact) mass is 288 g/mol. The van der Waals surface area contributed by atoms with Crippen LogP contribution in [0.2, 0.25) is 0 Å². The van der Waals surface area contributed by atoms with E-state index in [1.54, 1.807) is 19.9 Å². The van der Waals surface area contributed by atoms with Gasteiger partial charge < -0.3 is 10.1 Å². The van der Waals surface area contributed by atoms with Gasteiger partial charge in [0.05, 0.1) is 12.9 Å². The van der Waals surface area contributed by atoms with Gasteiger partial charge in [-0.2, -0.15) is 0 Å². The van der Waals surface area contributed by atoms with Crippen molar-refractivity contribution < 1.29 is 13.2 Å². The number of hydrogen-bond donors (Lipinski definition) is 2. The van der Waals surface area contributed by atoms with E-state index < -0.39 is 15.6 Å². The number of nitrogens with one attached hydrogen (secondary N) is 2. The van der Waals surface area contributed by atoms with Gasteiger partial charge in [0.15, 0.2) is 0 Å². The van der Waals surface area contributed by atoms with Gasteiger partial charge in [0.2, 0.25) is 15.9 Å². The SMILES string of the molecule is CCOc1cc(NCC(C)(C)NS(C)(=O)=O)ncn1. The van der Waals surface area contributed by atoms with E-state index in [9.17, 15) is 8.42 Å². The van der Waals surface area contributed by atoms with Crippen LogP contribution in [0.15, 0.2) is 12.4 Å². The van der Waals surface area contributed by atoms with Gasteiger partial charge in [-0.05, 0) is 20.8 Å². The second-order valence-corrected chi connectivity index (χ2v) is 6.53. The zero-order valence-corrected chi connectivity index (χ0v) is 12.4. The highest BCUT2D eigenvalue weighted by Gasteiger charge is 2.21. The molecule has 1 aromatic heterocycles. The summed E-state index contributed by atoms with van der Waals surface area (Å²) >= 11 is 0. The Morgan fingerprint density at radius 2 is 2.05 bits per heavy atom. The molecule has 0 radical (unpaired) electrons. The van der Waals surface area contributed by atoms with E-state index in [-0.39, 0.29) is 0 Å². The van der Waals surface area contributed by atoms with Crippen molar-refractivity contribution >= 4 is 15.8 Å². The number of hydrogen-bond acceptors (Lipinski definition) is 6. The molecule has 1 aromatic rings. The molecule has 0 aliphatic carbocycles. The first kappa shape index (κ1) is 15.6. The van der Waals surface area contributed by atoms with Gasteiger partial charge in [-0.1, -0.05) is 0 Å². The van der Waals surface area contributed by atoms with Gasteiger partial charge in [0, 0.05) is 18.2 Å². The van der Waals surface area contributed by atoms with Gasteiger partial charge in [-0.3, -0.25) is 0 Å². The van der Waals surface area contributed by atoms with Gasteiger partial charge in [-0.25, -0.2) is 23.1 Å². The molecule has 2 N–H and O–H groups in total. The Morgan fingerprint density at radius 1 is 1.37 bits per heavy atom. The van der Waals surface area contributed by atoms with Crippen LogP contribution in [0.5, 0.6) is 5.88 Å². The summed E-state index contributed by atoms with van der Waals surface area (Å²) in [5.74, 6) is 1.07. The Kier molecular flexibility index (Phi) is 5.07. The van der Waals surface area contributed by atoms with Crippen molar-refractivity contribution in [2.24, 2.45) is 0 Å². The molecule has 0 amide bonds. The summed E-state index contributed by atoms with van der Waals surface area (Å²) in [5.41, 5.74) is -0.621. The van der Waals surface area contributed by atoms with Crippen molar-refractivity contribution in [3.05, 3.63) is 12.4 Å². The number of rotatable bonds is 7. The summed E-state index contributed by atoms with van der Waals surface area (Å²) < 4.78 is 30.2.